The Labute approximate surface area is 337 Å². The van der Waals surface area contributed by atoms with Gasteiger partial charge in [-0.2, -0.15) is 0 Å². The van der Waals surface area contributed by atoms with E-state index in [0.717, 1.165) is 99.7 Å². The fraction of sp³-hybridized carbons (Fsp3) is 0.625. The van der Waals surface area contributed by atoms with Crippen LogP contribution in [0.2, 0.25) is 0 Å². The Bertz CT molecular complexity index is 1810. The summed E-state index contributed by atoms with van der Waals surface area (Å²) in [5.41, 5.74) is 6.11. The highest BCUT2D eigenvalue weighted by Gasteiger charge is 2.66. The maximum atomic E-state index is 12.0. The molecule has 10 atom stereocenters. The summed E-state index contributed by atoms with van der Waals surface area (Å²) in [5, 5.41) is 31.6. The van der Waals surface area contributed by atoms with Gasteiger partial charge in [0.15, 0.2) is 0 Å². The summed E-state index contributed by atoms with van der Waals surface area (Å²) in [6, 6.07) is 12.9. The Morgan fingerprint density at radius 3 is 1.40 bits per heavy atom. The number of hydrogen-bond acceptors (Lipinski definition) is 9. The zero-order valence-corrected chi connectivity index (χ0v) is 34.5. The Kier molecular flexibility index (Phi) is 10.7. The summed E-state index contributed by atoms with van der Waals surface area (Å²) in [4.78, 5) is 23.2. The minimum Gasteiger partial charge on any atom is -0.497 e. The second kappa shape index (κ2) is 15.2. The minimum atomic E-state index is -0.662. The van der Waals surface area contributed by atoms with Crippen LogP contribution in [-0.4, -0.2) is 72.5 Å². The predicted molar refractivity (Wildman–Crippen MR) is 216 cm³/mol. The number of rotatable bonds is 4. The molecule has 57 heavy (non-hydrogen) atoms. The van der Waals surface area contributed by atoms with Gasteiger partial charge < -0.3 is 34.3 Å². The number of esters is 2. The van der Waals surface area contributed by atoms with Crippen molar-refractivity contribution in [3.8, 4) is 11.5 Å². The molecule has 2 aromatic rings. The highest BCUT2D eigenvalue weighted by molar-refractivity contribution is 5.86. The minimum absolute atomic E-state index is 0.169. The first-order valence-corrected chi connectivity index (χ1v) is 21.5. The van der Waals surface area contributed by atoms with Gasteiger partial charge in [0.25, 0.3) is 0 Å². The molecule has 0 spiro atoms. The van der Waals surface area contributed by atoms with Gasteiger partial charge in [0.05, 0.1) is 25.4 Å². The Hall–Kier alpha value is -3.66. The second-order valence-electron chi connectivity index (χ2n) is 18.5. The van der Waals surface area contributed by atoms with Crippen LogP contribution in [-0.2, 0) is 31.9 Å². The monoisotopic (exact) mass is 782 g/mol. The number of cyclic esters (lactones) is 2. The van der Waals surface area contributed by atoms with Gasteiger partial charge in [-0.25, -0.2) is 9.59 Å². The number of fused-ring (bicyclic) bond motifs is 10. The van der Waals surface area contributed by atoms with Crippen LogP contribution in [0.15, 0.2) is 59.7 Å². The van der Waals surface area contributed by atoms with Crippen molar-refractivity contribution in [1.82, 2.24) is 0 Å². The van der Waals surface area contributed by atoms with E-state index in [-0.39, 0.29) is 41.2 Å². The van der Waals surface area contributed by atoms with Crippen molar-refractivity contribution in [1.29, 1.82) is 0 Å². The highest BCUT2D eigenvalue weighted by atomic mass is 16.5. The average molecular weight is 783 g/mol. The lowest BCUT2D eigenvalue weighted by molar-refractivity contribution is -0.147. The third-order valence-corrected chi connectivity index (χ3v) is 16.5. The van der Waals surface area contributed by atoms with Gasteiger partial charge in [0.2, 0.25) is 0 Å². The van der Waals surface area contributed by atoms with E-state index in [1.165, 1.54) is 22.3 Å². The molecule has 6 aliphatic carbocycles. The molecule has 0 bridgehead atoms. The van der Waals surface area contributed by atoms with Gasteiger partial charge in [-0.15, -0.1) is 0 Å². The van der Waals surface area contributed by atoms with Crippen molar-refractivity contribution in [2.75, 3.05) is 34.0 Å². The quantitative estimate of drug-likeness (QED) is 0.270. The van der Waals surface area contributed by atoms with E-state index in [4.69, 9.17) is 24.1 Å². The van der Waals surface area contributed by atoms with E-state index in [1.54, 1.807) is 33.3 Å². The average Bonchev–Trinajstić information content (AvgIpc) is 3.97. The zero-order valence-electron chi connectivity index (χ0n) is 34.5. The topological polar surface area (TPSA) is 132 Å². The number of benzene rings is 2. The van der Waals surface area contributed by atoms with E-state index in [0.29, 0.717) is 36.9 Å². The van der Waals surface area contributed by atoms with Crippen LogP contribution in [0.25, 0.3) is 0 Å². The number of carbonyl (C=O) groups excluding carboxylic acids is 2. The molecule has 3 N–H and O–H groups in total. The third-order valence-electron chi connectivity index (χ3n) is 16.5. The molecule has 10 rings (SSSR count). The molecule has 308 valence electrons. The number of carbonyl (C=O) groups is 2. The molecule has 0 saturated heterocycles. The lowest BCUT2D eigenvalue weighted by atomic mass is 9.51. The van der Waals surface area contributed by atoms with E-state index in [9.17, 15) is 19.8 Å². The summed E-state index contributed by atoms with van der Waals surface area (Å²) in [6.45, 7) is 7.26. The highest BCUT2D eigenvalue weighted by Crippen LogP contribution is 2.68. The normalized spacial score (nSPS) is 38.1. The van der Waals surface area contributed by atoms with Gasteiger partial charge >= 0.3 is 11.9 Å². The van der Waals surface area contributed by atoms with Gasteiger partial charge in [-0.1, -0.05) is 26.0 Å². The molecule has 2 aliphatic heterocycles. The number of methoxy groups -OCH3 is 2. The second-order valence-corrected chi connectivity index (χ2v) is 18.5. The molecule has 2 heterocycles. The Morgan fingerprint density at radius 2 is 1.05 bits per heavy atom. The van der Waals surface area contributed by atoms with Crippen molar-refractivity contribution in [2.45, 2.75) is 121 Å². The molecule has 8 aliphatic rings. The molecule has 4 fully saturated rings. The number of aliphatic hydroxyl groups excluding tert-OH is 1. The third kappa shape index (κ3) is 6.37. The van der Waals surface area contributed by atoms with Gasteiger partial charge in [0.1, 0.15) is 24.7 Å². The standard InChI is InChI=1S/2C23H28O4.C2H6O/c2*1-22-9-7-18-17-5-4-16(26-2)11-14(17)3-6-20(18)23(22,25)10-8-19(22)15-12-21(24)27-13-15;1-2-3/h2*4-5,11-12,18-20,25H,3,6-10,13H2,1-2H3;3H,2H2,1H3/t2*18-,19+,20-,22-,23+;/m11./s1. The first-order valence-electron chi connectivity index (χ1n) is 21.5. The van der Waals surface area contributed by atoms with Crippen LogP contribution >= 0.6 is 0 Å². The van der Waals surface area contributed by atoms with Crippen molar-refractivity contribution in [3.63, 3.8) is 0 Å². The summed E-state index contributed by atoms with van der Waals surface area (Å²) < 4.78 is 21.2. The molecule has 4 saturated carbocycles. The Balaban J connectivity index is 0.000000150. The van der Waals surface area contributed by atoms with Crippen LogP contribution in [0.4, 0.5) is 0 Å². The summed E-state index contributed by atoms with van der Waals surface area (Å²) in [5.74, 6) is 3.34. The fourth-order valence-electron chi connectivity index (χ4n) is 13.7. The molecule has 0 amide bonds. The maximum Gasteiger partial charge on any atom is 0.331 e. The Morgan fingerprint density at radius 1 is 0.649 bits per heavy atom. The fourth-order valence-corrected chi connectivity index (χ4v) is 13.7. The van der Waals surface area contributed by atoms with E-state index in [2.05, 4.69) is 50.2 Å². The van der Waals surface area contributed by atoms with E-state index < -0.39 is 11.2 Å². The SMILES string of the molecule is CCO.COc1ccc2c(c1)CC[C@@H]1[C@@H]2CC[C@]2(C)[C@H](C3=CC(=O)OC3)CC[C@]12O.COc1ccc2c(c1)CC[C@@H]1[C@@H]2CC[C@]2(C)[C@H](C3=CC(=O)OC3)CC[C@]12O. The first-order chi connectivity index (χ1) is 27.3. The maximum absolute atomic E-state index is 12.0. The first kappa shape index (κ1) is 40.1. The number of hydrogen-bond donors (Lipinski definition) is 3. The lowest BCUT2D eigenvalue weighted by Crippen LogP contribution is -2.56. The molecule has 9 nitrogen and oxygen atoms in total. The van der Waals surface area contributed by atoms with Gasteiger partial charge in [0, 0.05) is 29.6 Å². The number of aryl methyl sites for hydroxylation is 2. The predicted octanol–water partition coefficient (Wildman–Crippen LogP) is 7.53. The van der Waals surface area contributed by atoms with Crippen molar-refractivity contribution < 1.29 is 43.9 Å². The zero-order chi connectivity index (χ0) is 40.3. The van der Waals surface area contributed by atoms with Crippen LogP contribution < -0.4 is 9.47 Å². The van der Waals surface area contributed by atoms with Gasteiger partial charge in [-0.3, -0.25) is 0 Å². The molecular weight excluding hydrogens is 721 g/mol. The van der Waals surface area contributed by atoms with Crippen LogP contribution in [0.5, 0.6) is 11.5 Å². The summed E-state index contributed by atoms with van der Waals surface area (Å²) in [7, 11) is 3.43. The van der Waals surface area contributed by atoms with E-state index >= 15 is 0 Å². The molecule has 9 heteroatoms. The van der Waals surface area contributed by atoms with Crippen LogP contribution in [0.3, 0.4) is 0 Å². The molecular formula is C48H62O9. The largest absolute Gasteiger partial charge is 0.497 e. The summed E-state index contributed by atoms with van der Waals surface area (Å²) in [6.07, 6.45) is 15.1. The lowest BCUT2D eigenvalue weighted by Gasteiger charge is -2.56. The van der Waals surface area contributed by atoms with Crippen molar-refractivity contribution in [2.24, 2.45) is 34.5 Å². The summed E-state index contributed by atoms with van der Waals surface area (Å²) >= 11 is 0. The smallest absolute Gasteiger partial charge is 0.331 e. The van der Waals surface area contributed by atoms with Gasteiger partial charge in [-0.05, 0) is 177 Å². The van der Waals surface area contributed by atoms with E-state index in [1.807, 2.05) is 0 Å². The molecule has 2 aromatic carbocycles. The van der Waals surface area contributed by atoms with Crippen LogP contribution in [0, 0.1) is 34.5 Å². The molecule has 0 aromatic heterocycles. The van der Waals surface area contributed by atoms with Crippen LogP contribution in [0.1, 0.15) is 119 Å². The number of aliphatic hydroxyl groups is 3. The van der Waals surface area contributed by atoms with Crippen molar-refractivity contribution >= 4 is 11.9 Å². The number of ether oxygens (including phenoxy) is 4. The van der Waals surface area contributed by atoms with Crippen molar-refractivity contribution in [3.05, 3.63) is 82.0 Å². The molecule has 0 radical (unpaired) electrons. The molecule has 0 unspecified atom stereocenters.